The number of phenolic OH excluding ortho intramolecular Hbond substituents is 1. The molecule has 1 aliphatic rings. The molecule has 3 aromatic carbocycles. The lowest BCUT2D eigenvalue weighted by molar-refractivity contribution is -0.252. The lowest BCUT2D eigenvalue weighted by atomic mass is 9.99. The summed E-state index contributed by atoms with van der Waals surface area (Å²) in [6.07, 6.45) is -0.217. The number of aliphatic hydroxyl groups excluding tert-OH is 2. The van der Waals surface area contributed by atoms with E-state index in [1.54, 1.807) is 24.3 Å². The van der Waals surface area contributed by atoms with Gasteiger partial charge in [0.15, 0.2) is 6.29 Å². The van der Waals surface area contributed by atoms with Crippen LogP contribution in [0.4, 0.5) is 4.79 Å². The number of nitrogens with zero attached hydrogens (tertiary/aromatic N) is 1. The maximum atomic E-state index is 11.7. The van der Waals surface area contributed by atoms with Crippen LogP contribution in [0.25, 0.3) is 0 Å². The quantitative estimate of drug-likeness (QED) is 0.238. The Morgan fingerprint density at radius 2 is 1.80 bits per heavy atom. The van der Waals surface area contributed by atoms with E-state index in [2.05, 4.69) is 11.9 Å². The Morgan fingerprint density at radius 3 is 2.49 bits per heavy atom. The normalized spacial score (nSPS) is 19.5. The molecule has 0 unspecified atom stereocenters. The molecule has 4 atom stereocenters. The van der Waals surface area contributed by atoms with Crippen molar-refractivity contribution in [2.24, 2.45) is 0 Å². The summed E-state index contributed by atoms with van der Waals surface area (Å²) in [6, 6.07) is 22.0. The van der Waals surface area contributed by atoms with Crippen molar-refractivity contribution < 1.29 is 34.3 Å². The molecule has 9 nitrogen and oxygen atoms in total. The summed E-state index contributed by atoms with van der Waals surface area (Å²) in [5.41, 5.74) is 4.20. The first kappa shape index (κ1) is 30.2. The molecule has 218 valence electrons. The molecule has 1 amide bonds. The first-order valence-corrected chi connectivity index (χ1v) is 13.6. The number of nitrogens with one attached hydrogen (secondary N) is 1. The number of aliphatic hydroxyl groups is 2. The lowest BCUT2D eigenvalue weighted by Gasteiger charge is -2.38. The number of likely N-dealkylation sites (N-methyl/N-ethyl adjacent to an activating group) is 1. The number of carbonyl (C=O) groups is 1. The Labute approximate surface area is 240 Å². The van der Waals surface area contributed by atoms with E-state index in [1.165, 1.54) is 6.08 Å². The number of ether oxygens (including phenoxy) is 3. The molecule has 0 aliphatic carbocycles. The highest BCUT2D eigenvalue weighted by molar-refractivity contribution is 5.67. The van der Waals surface area contributed by atoms with Crippen LogP contribution in [0.15, 0.2) is 85.5 Å². The Balaban J connectivity index is 1.44. The van der Waals surface area contributed by atoms with Crippen LogP contribution in [-0.4, -0.2) is 59.2 Å². The number of benzene rings is 3. The van der Waals surface area contributed by atoms with Crippen LogP contribution in [0, 0.1) is 0 Å². The van der Waals surface area contributed by atoms with E-state index in [-0.39, 0.29) is 31.2 Å². The standard InChI is InChI=1S/C32H38N2O7/c1-3-15-39-32(38)33-18-22-7-13-25(14-8-22)31-40-28(17-30(41-31)24-11-9-23(21-35)10-12-24)19-34(2)20-29(37)26-5-4-6-27(36)16-26/h3-14,16,28-31,35-37H,1,15,17-21H2,2H3,(H,33,38)/t28-,29+,30+,31+/m0/s1. The van der Waals surface area contributed by atoms with Crippen LogP contribution in [0.3, 0.4) is 0 Å². The van der Waals surface area contributed by atoms with Crippen LogP contribution >= 0.6 is 0 Å². The van der Waals surface area contributed by atoms with Crippen molar-refractivity contribution in [1.29, 1.82) is 0 Å². The minimum atomic E-state index is -0.764. The number of aromatic hydroxyl groups is 1. The average molecular weight is 563 g/mol. The van der Waals surface area contributed by atoms with Crippen LogP contribution in [0.5, 0.6) is 5.75 Å². The van der Waals surface area contributed by atoms with Crippen molar-refractivity contribution in [2.45, 2.75) is 44.2 Å². The van der Waals surface area contributed by atoms with Crippen LogP contribution in [0.1, 0.15) is 52.7 Å². The van der Waals surface area contributed by atoms with Gasteiger partial charge < -0.3 is 39.7 Å². The van der Waals surface area contributed by atoms with Gasteiger partial charge in [0, 0.05) is 31.6 Å². The molecule has 41 heavy (non-hydrogen) atoms. The van der Waals surface area contributed by atoms with Crippen molar-refractivity contribution in [3.8, 4) is 5.75 Å². The molecular formula is C32H38N2O7. The van der Waals surface area contributed by atoms with Gasteiger partial charge in [0.2, 0.25) is 0 Å². The molecule has 9 heteroatoms. The van der Waals surface area contributed by atoms with E-state index in [0.717, 1.165) is 22.3 Å². The number of rotatable bonds is 12. The SMILES string of the molecule is C=CCOC(=O)NCc1ccc([C@@H]2O[C@H](CN(C)C[C@@H](O)c3cccc(O)c3)C[C@H](c3ccc(CO)cc3)O2)cc1. The molecule has 4 N–H and O–H groups in total. The number of hydrogen-bond donors (Lipinski definition) is 4. The lowest BCUT2D eigenvalue weighted by Crippen LogP contribution is -2.39. The smallest absolute Gasteiger partial charge is 0.407 e. The fourth-order valence-electron chi connectivity index (χ4n) is 4.74. The Bertz CT molecular complexity index is 1270. The molecule has 1 fully saturated rings. The highest BCUT2D eigenvalue weighted by Gasteiger charge is 2.33. The van der Waals surface area contributed by atoms with Crippen molar-refractivity contribution in [2.75, 3.05) is 26.7 Å². The van der Waals surface area contributed by atoms with Gasteiger partial charge in [-0.05, 0) is 41.4 Å². The zero-order valence-corrected chi connectivity index (χ0v) is 23.2. The van der Waals surface area contributed by atoms with Gasteiger partial charge in [0.1, 0.15) is 12.4 Å². The Kier molecular flexibility index (Phi) is 10.9. The van der Waals surface area contributed by atoms with E-state index in [9.17, 15) is 20.1 Å². The molecular weight excluding hydrogens is 524 g/mol. The molecule has 0 saturated carbocycles. The summed E-state index contributed by atoms with van der Waals surface area (Å²) < 4.78 is 17.8. The molecule has 4 rings (SSSR count). The molecule has 0 radical (unpaired) electrons. The van der Waals surface area contributed by atoms with Gasteiger partial charge in [-0.1, -0.05) is 73.3 Å². The number of carbonyl (C=O) groups excluding carboxylic acids is 1. The summed E-state index contributed by atoms with van der Waals surface area (Å²) in [7, 11) is 1.92. The summed E-state index contributed by atoms with van der Waals surface area (Å²) in [6.45, 7) is 4.88. The van der Waals surface area contributed by atoms with E-state index >= 15 is 0 Å². The third-order valence-corrected chi connectivity index (χ3v) is 6.89. The molecule has 0 spiro atoms. The molecule has 3 aromatic rings. The summed E-state index contributed by atoms with van der Waals surface area (Å²) in [4.78, 5) is 13.7. The minimum absolute atomic E-state index is 0.0281. The van der Waals surface area contributed by atoms with Crippen LogP contribution in [0.2, 0.25) is 0 Å². The number of phenols is 1. The molecule has 0 aromatic heterocycles. The third-order valence-electron chi connectivity index (χ3n) is 6.89. The van der Waals surface area contributed by atoms with Crippen molar-refractivity contribution in [1.82, 2.24) is 10.2 Å². The highest BCUT2D eigenvalue weighted by Crippen LogP contribution is 2.38. The van der Waals surface area contributed by atoms with Crippen molar-refractivity contribution in [3.05, 3.63) is 113 Å². The predicted octanol–water partition coefficient (Wildman–Crippen LogP) is 4.51. The van der Waals surface area contributed by atoms with E-state index in [4.69, 9.17) is 14.2 Å². The topological polar surface area (TPSA) is 121 Å². The molecule has 1 heterocycles. The predicted molar refractivity (Wildman–Crippen MR) is 154 cm³/mol. The fraction of sp³-hybridized carbons (Fsp3) is 0.344. The second-order valence-corrected chi connectivity index (χ2v) is 10.2. The number of alkyl carbamates (subject to hydrolysis) is 1. The highest BCUT2D eigenvalue weighted by atomic mass is 16.7. The van der Waals surface area contributed by atoms with Crippen molar-refractivity contribution in [3.63, 3.8) is 0 Å². The van der Waals surface area contributed by atoms with E-state index < -0.39 is 18.5 Å². The first-order valence-electron chi connectivity index (χ1n) is 13.6. The third kappa shape index (κ3) is 8.88. The number of amides is 1. The second-order valence-electron chi connectivity index (χ2n) is 10.2. The van der Waals surface area contributed by atoms with Crippen LogP contribution in [-0.2, 0) is 27.4 Å². The summed E-state index contributed by atoms with van der Waals surface area (Å²) in [5.74, 6) is 0.115. The minimum Gasteiger partial charge on any atom is -0.508 e. The van der Waals surface area contributed by atoms with Gasteiger partial charge in [0.25, 0.3) is 0 Å². The van der Waals surface area contributed by atoms with Gasteiger partial charge in [0.05, 0.1) is 24.9 Å². The Hall–Kier alpha value is -3.73. The zero-order chi connectivity index (χ0) is 29.2. The number of hydrogen-bond acceptors (Lipinski definition) is 8. The molecule has 1 saturated heterocycles. The van der Waals surface area contributed by atoms with E-state index in [0.29, 0.717) is 31.6 Å². The first-order chi connectivity index (χ1) is 19.8. The van der Waals surface area contributed by atoms with Gasteiger partial charge in [-0.25, -0.2) is 4.79 Å². The van der Waals surface area contributed by atoms with Gasteiger partial charge in [-0.15, -0.1) is 0 Å². The monoisotopic (exact) mass is 562 g/mol. The Morgan fingerprint density at radius 1 is 1.10 bits per heavy atom. The largest absolute Gasteiger partial charge is 0.508 e. The summed E-state index contributed by atoms with van der Waals surface area (Å²) >= 11 is 0. The van der Waals surface area contributed by atoms with Gasteiger partial charge >= 0.3 is 6.09 Å². The maximum absolute atomic E-state index is 11.7. The zero-order valence-electron chi connectivity index (χ0n) is 23.2. The van der Waals surface area contributed by atoms with Gasteiger partial charge in [-0.2, -0.15) is 0 Å². The van der Waals surface area contributed by atoms with E-state index in [1.807, 2.05) is 60.5 Å². The van der Waals surface area contributed by atoms with Crippen LogP contribution < -0.4 is 5.32 Å². The van der Waals surface area contributed by atoms with Gasteiger partial charge in [-0.3, -0.25) is 0 Å². The average Bonchev–Trinajstić information content (AvgIpc) is 2.99. The fourth-order valence-corrected chi connectivity index (χ4v) is 4.74. The summed E-state index contributed by atoms with van der Waals surface area (Å²) in [5, 5.41) is 32.6. The van der Waals surface area contributed by atoms with Crippen molar-refractivity contribution >= 4 is 6.09 Å². The maximum Gasteiger partial charge on any atom is 0.407 e. The molecule has 1 aliphatic heterocycles. The second kappa shape index (κ2) is 14.8. The molecule has 0 bridgehead atoms.